The van der Waals surface area contributed by atoms with Crippen molar-refractivity contribution in [2.45, 2.75) is 26.5 Å². The molecule has 0 spiro atoms. The van der Waals surface area contributed by atoms with Crippen LogP contribution in [0.4, 0.5) is 16.2 Å². The Balaban J connectivity index is 1.56. The van der Waals surface area contributed by atoms with Gasteiger partial charge in [0.15, 0.2) is 5.69 Å². The lowest BCUT2D eigenvalue weighted by Gasteiger charge is -2.23. The number of fused-ring (bicyclic) bond motifs is 3. The molecule has 2 N–H and O–H groups in total. The Morgan fingerprint density at radius 3 is 3.00 bits per heavy atom. The SMILES string of the molecule is CCOC(=O)c1ncn2c1CNc1cc(N3C[C@H](CNC(C)=O)OC3=O)ccc1-2. The van der Waals surface area contributed by atoms with Gasteiger partial charge < -0.3 is 20.1 Å². The predicted octanol–water partition coefficient (Wildman–Crippen LogP) is 1.44. The third-order valence-electron chi connectivity index (χ3n) is 4.79. The van der Waals surface area contributed by atoms with E-state index in [2.05, 4.69) is 15.6 Å². The molecule has 3 heterocycles. The van der Waals surface area contributed by atoms with E-state index in [4.69, 9.17) is 9.47 Å². The Bertz CT molecular complexity index is 985. The van der Waals surface area contributed by atoms with Gasteiger partial charge >= 0.3 is 12.1 Å². The average Bonchev–Trinajstić information content (AvgIpc) is 3.29. The van der Waals surface area contributed by atoms with Gasteiger partial charge in [-0.15, -0.1) is 0 Å². The van der Waals surface area contributed by atoms with Gasteiger partial charge in [-0.05, 0) is 25.1 Å². The highest BCUT2D eigenvalue weighted by molar-refractivity contribution is 5.92. The number of esters is 1. The monoisotopic (exact) mass is 399 g/mol. The van der Waals surface area contributed by atoms with Gasteiger partial charge in [0.25, 0.3) is 0 Å². The van der Waals surface area contributed by atoms with Crippen molar-refractivity contribution in [2.75, 3.05) is 29.9 Å². The van der Waals surface area contributed by atoms with Crippen molar-refractivity contribution < 1.29 is 23.9 Å². The number of imidazole rings is 1. The number of nitrogens with one attached hydrogen (secondary N) is 2. The lowest BCUT2D eigenvalue weighted by Crippen LogP contribution is -2.33. The van der Waals surface area contributed by atoms with Crippen molar-refractivity contribution in [1.29, 1.82) is 0 Å². The maximum atomic E-state index is 12.2. The van der Waals surface area contributed by atoms with E-state index in [1.807, 2.05) is 22.8 Å². The number of cyclic esters (lactones) is 1. The molecule has 1 aromatic heterocycles. The second-order valence-corrected chi connectivity index (χ2v) is 6.74. The standard InChI is InChI=1S/C19H21N5O5/c1-3-28-18(26)17-16-8-21-14-6-12(4-5-15(14)24(16)10-22-17)23-9-13(29-19(23)27)7-20-11(2)25/h4-6,10,13,21H,3,7-9H2,1-2H3,(H,20,25)/t13-/m0/s1. The molecule has 0 bridgehead atoms. The van der Waals surface area contributed by atoms with Crippen LogP contribution in [0.5, 0.6) is 0 Å². The lowest BCUT2D eigenvalue weighted by atomic mass is 10.1. The van der Waals surface area contributed by atoms with Crippen LogP contribution >= 0.6 is 0 Å². The summed E-state index contributed by atoms with van der Waals surface area (Å²) in [5.41, 5.74) is 3.32. The molecule has 152 valence electrons. The smallest absolute Gasteiger partial charge is 0.414 e. The van der Waals surface area contributed by atoms with Crippen LogP contribution in [0.15, 0.2) is 24.5 Å². The van der Waals surface area contributed by atoms with Gasteiger partial charge in [-0.3, -0.25) is 14.3 Å². The Kier molecular flexibility index (Phi) is 4.83. The number of anilines is 2. The van der Waals surface area contributed by atoms with Crippen LogP contribution in [0, 0.1) is 0 Å². The second-order valence-electron chi connectivity index (χ2n) is 6.74. The Hall–Kier alpha value is -3.56. The number of amides is 2. The van der Waals surface area contributed by atoms with Crippen LogP contribution in [-0.4, -0.2) is 53.3 Å². The van der Waals surface area contributed by atoms with Crippen LogP contribution in [-0.2, 0) is 20.8 Å². The molecule has 2 aromatic rings. The minimum Gasteiger partial charge on any atom is -0.461 e. The van der Waals surface area contributed by atoms with E-state index in [9.17, 15) is 14.4 Å². The molecule has 0 aliphatic carbocycles. The summed E-state index contributed by atoms with van der Waals surface area (Å²) in [6.07, 6.45) is 0.737. The van der Waals surface area contributed by atoms with Crippen molar-refractivity contribution in [1.82, 2.24) is 14.9 Å². The van der Waals surface area contributed by atoms with Crippen molar-refractivity contribution in [2.24, 2.45) is 0 Å². The average molecular weight is 399 g/mol. The van der Waals surface area contributed by atoms with Gasteiger partial charge in [-0.2, -0.15) is 0 Å². The van der Waals surface area contributed by atoms with E-state index in [1.54, 1.807) is 13.3 Å². The topological polar surface area (TPSA) is 115 Å². The predicted molar refractivity (Wildman–Crippen MR) is 103 cm³/mol. The second kappa shape index (κ2) is 7.46. The number of hydrogen-bond acceptors (Lipinski definition) is 7. The van der Waals surface area contributed by atoms with Gasteiger partial charge in [-0.1, -0.05) is 0 Å². The van der Waals surface area contributed by atoms with Crippen LogP contribution < -0.4 is 15.5 Å². The Labute approximate surface area is 166 Å². The lowest BCUT2D eigenvalue weighted by molar-refractivity contribution is -0.119. The number of aromatic nitrogens is 2. The molecule has 1 atom stereocenters. The maximum absolute atomic E-state index is 12.2. The summed E-state index contributed by atoms with van der Waals surface area (Å²) in [7, 11) is 0. The van der Waals surface area contributed by atoms with E-state index in [0.717, 1.165) is 17.1 Å². The van der Waals surface area contributed by atoms with Gasteiger partial charge in [0.05, 0.1) is 43.3 Å². The van der Waals surface area contributed by atoms with Crippen LogP contribution in [0.25, 0.3) is 5.69 Å². The molecule has 10 heteroatoms. The number of carbonyl (C=O) groups is 3. The van der Waals surface area contributed by atoms with Gasteiger partial charge in [0.2, 0.25) is 5.91 Å². The Morgan fingerprint density at radius 2 is 2.24 bits per heavy atom. The van der Waals surface area contributed by atoms with Crippen molar-refractivity contribution >= 4 is 29.3 Å². The summed E-state index contributed by atoms with van der Waals surface area (Å²) >= 11 is 0. The van der Waals surface area contributed by atoms with Crippen LogP contribution in [0.3, 0.4) is 0 Å². The highest BCUT2D eigenvalue weighted by Crippen LogP contribution is 2.33. The number of nitrogens with zero attached hydrogens (tertiary/aromatic N) is 3. The highest BCUT2D eigenvalue weighted by Gasteiger charge is 2.33. The van der Waals surface area contributed by atoms with Crippen molar-refractivity contribution in [3.63, 3.8) is 0 Å². The molecule has 0 radical (unpaired) electrons. The zero-order chi connectivity index (χ0) is 20.5. The summed E-state index contributed by atoms with van der Waals surface area (Å²) in [6, 6.07) is 5.51. The third-order valence-corrected chi connectivity index (χ3v) is 4.79. The highest BCUT2D eigenvalue weighted by atomic mass is 16.6. The fourth-order valence-corrected chi connectivity index (χ4v) is 3.44. The van der Waals surface area contributed by atoms with E-state index in [0.29, 0.717) is 18.8 Å². The van der Waals surface area contributed by atoms with Crippen LogP contribution in [0.1, 0.15) is 30.0 Å². The zero-order valence-corrected chi connectivity index (χ0v) is 16.1. The van der Waals surface area contributed by atoms with E-state index < -0.39 is 18.2 Å². The quantitative estimate of drug-likeness (QED) is 0.731. The maximum Gasteiger partial charge on any atom is 0.414 e. The number of benzene rings is 1. The Morgan fingerprint density at radius 1 is 1.41 bits per heavy atom. The van der Waals surface area contributed by atoms with Crippen molar-refractivity contribution in [3.05, 3.63) is 35.9 Å². The molecule has 1 saturated heterocycles. The first-order chi connectivity index (χ1) is 14.0. The summed E-state index contributed by atoms with van der Waals surface area (Å²) in [5.74, 6) is -0.621. The molecule has 29 heavy (non-hydrogen) atoms. The fourth-order valence-electron chi connectivity index (χ4n) is 3.44. The molecule has 0 unspecified atom stereocenters. The molecular formula is C19H21N5O5. The van der Waals surface area contributed by atoms with Crippen LogP contribution in [0.2, 0.25) is 0 Å². The van der Waals surface area contributed by atoms with E-state index in [-0.39, 0.29) is 24.8 Å². The molecule has 4 rings (SSSR count). The van der Waals surface area contributed by atoms with E-state index in [1.165, 1.54) is 11.8 Å². The first-order valence-electron chi connectivity index (χ1n) is 9.32. The molecule has 0 saturated carbocycles. The molecule has 1 fully saturated rings. The van der Waals surface area contributed by atoms with Gasteiger partial charge in [0, 0.05) is 12.6 Å². The largest absolute Gasteiger partial charge is 0.461 e. The van der Waals surface area contributed by atoms with Gasteiger partial charge in [-0.25, -0.2) is 14.6 Å². The number of ether oxygens (including phenoxy) is 2. The fraction of sp³-hybridized carbons (Fsp3) is 0.368. The molecule has 2 aliphatic heterocycles. The summed E-state index contributed by atoms with van der Waals surface area (Å²) in [5, 5.41) is 5.93. The van der Waals surface area contributed by atoms with Gasteiger partial charge in [0.1, 0.15) is 12.4 Å². The summed E-state index contributed by atoms with van der Waals surface area (Å²) < 4.78 is 12.2. The van der Waals surface area contributed by atoms with E-state index >= 15 is 0 Å². The first kappa shape index (κ1) is 18.8. The number of hydrogen-bond donors (Lipinski definition) is 2. The number of carbonyl (C=O) groups excluding carboxylic acids is 3. The molecule has 2 aliphatic rings. The summed E-state index contributed by atoms with van der Waals surface area (Å²) in [6.45, 7) is 4.48. The first-order valence-corrected chi connectivity index (χ1v) is 9.32. The zero-order valence-electron chi connectivity index (χ0n) is 16.1. The molecular weight excluding hydrogens is 378 g/mol. The third kappa shape index (κ3) is 3.48. The molecule has 10 nitrogen and oxygen atoms in total. The summed E-state index contributed by atoms with van der Waals surface area (Å²) in [4.78, 5) is 41.1. The number of rotatable bonds is 5. The van der Waals surface area contributed by atoms with Crippen molar-refractivity contribution in [3.8, 4) is 5.69 Å². The minimum absolute atomic E-state index is 0.171. The minimum atomic E-state index is -0.455. The molecule has 1 aromatic carbocycles. The molecule has 2 amide bonds. The normalized spacial score (nSPS) is 17.1.